The van der Waals surface area contributed by atoms with Gasteiger partial charge in [-0.1, -0.05) is 74.0 Å². The van der Waals surface area contributed by atoms with Crippen molar-refractivity contribution < 1.29 is 75.5 Å². The summed E-state index contributed by atoms with van der Waals surface area (Å²) in [4.78, 5) is 78.8. The normalized spacial score (nSPS) is 16.8. The number of carbonyl (C=O) groups excluding carboxylic acids is 3. The first-order chi connectivity index (χ1) is 41.5. The third kappa shape index (κ3) is 19.2. The minimum Gasteiger partial charge on any atom is -0.444 e. The van der Waals surface area contributed by atoms with Gasteiger partial charge in [-0.2, -0.15) is 25.3 Å². The van der Waals surface area contributed by atoms with E-state index in [2.05, 4.69) is 9.97 Å². The van der Waals surface area contributed by atoms with Crippen LogP contribution in [0.4, 0.5) is 13.6 Å². The summed E-state index contributed by atoms with van der Waals surface area (Å²) in [7, 11) is -9.59. The maximum atomic E-state index is 14.2. The molecule has 0 aliphatic carbocycles. The first kappa shape index (κ1) is 69.5. The average molecular weight is 1280 g/mol. The molecular formula is C61H73F2N5O17S3. The Hall–Kier alpha value is -7.56. The largest absolute Gasteiger partial charge is 0.444 e. The number of nitrogens with zero attached hydrogens (tertiary/aromatic N) is 5. The zero-order valence-electron chi connectivity index (χ0n) is 50.1. The number of hydrogen-bond acceptors (Lipinski definition) is 18. The Morgan fingerprint density at radius 1 is 0.625 bits per heavy atom. The molecule has 2 unspecified atom stereocenters. The number of fused-ring (bicyclic) bond motifs is 2. The van der Waals surface area contributed by atoms with Crippen molar-refractivity contribution in [2.45, 2.75) is 151 Å². The van der Waals surface area contributed by atoms with Gasteiger partial charge in [0.25, 0.3) is 21.2 Å². The number of benzene rings is 4. The number of halogens is 2. The summed E-state index contributed by atoms with van der Waals surface area (Å²) in [5, 5.41) is 0. The second kappa shape index (κ2) is 30.6. The third-order valence-electron chi connectivity index (χ3n) is 14.1. The van der Waals surface area contributed by atoms with Gasteiger partial charge in [0.2, 0.25) is 11.5 Å². The van der Waals surface area contributed by atoms with Crippen molar-refractivity contribution >= 4 is 48.0 Å². The molecule has 8 rings (SSSR count). The van der Waals surface area contributed by atoms with Crippen molar-refractivity contribution in [2.24, 2.45) is 0 Å². The van der Waals surface area contributed by atoms with Crippen LogP contribution >= 0.6 is 0 Å². The van der Waals surface area contributed by atoms with Crippen LogP contribution in [0, 0.1) is 11.6 Å². The smallest absolute Gasteiger partial charge is 0.410 e. The highest BCUT2D eigenvalue weighted by molar-refractivity contribution is 7.87. The van der Waals surface area contributed by atoms with Crippen LogP contribution in [0.15, 0.2) is 129 Å². The molecule has 6 aromatic rings. The summed E-state index contributed by atoms with van der Waals surface area (Å²) in [5.41, 5.74) is -1.85. The molecule has 0 fully saturated rings. The van der Waals surface area contributed by atoms with Crippen LogP contribution in [0.5, 0.6) is 11.5 Å². The highest BCUT2D eigenvalue weighted by Gasteiger charge is 2.38. The lowest BCUT2D eigenvalue weighted by Gasteiger charge is -2.32. The van der Waals surface area contributed by atoms with Crippen molar-refractivity contribution in [3.63, 3.8) is 0 Å². The quantitative estimate of drug-likeness (QED) is 0.0423. The Kier molecular flexibility index (Phi) is 24.2. The minimum absolute atomic E-state index is 0.0220. The van der Waals surface area contributed by atoms with Gasteiger partial charge in [0, 0.05) is 39.5 Å². The van der Waals surface area contributed by atoms with Gasteiger partial charge in [0.15, 0.2) is 23.0 Å². The summed E-state index contributed by atoms with van der Waals surface area (Å²) in [6.07, 6.45) is 3.24. The molecule has 1 amide bonds. The number of ether oxygens (including phenoxy) is 3. The molecule has 2 aliphatic heterocycles. The molecule has 4 atom stereocenters. The fourth-order valence-electron chi connectivity index (χ4n) is 9.78. The van der Waals surface area contributed by atoms with E-state index in [1.54, 1.807) is 59.1 Å². The number of amides is 1. The van der Waals surface area contributed by atoms with Crippen LogP contribution in [-0.2, 0) is 70.5 Å². The number of hydrogen-bond donors (Lipinski definition) is 1. The lowest BCUT2D eigenvalue weighted by atomic mass is 9.96. The fourth-order valence-corrected chi connectivity index (χ4v) is 11.7. The summed E-state index contributed by atoms with van der Waals surface area (Å²) >= 11 is 0. The number of aromatic nitrogens is 4. The van der Waals surface area contributed by atoms with Crippen LogP contribution in [0.25, 0.3) is 0 Å². The fraction of sp³-hybridized carbons (Fsp3) is 0.426. The van der Waals surface area contributed by atoms with E-state index in [-0.39, 0.29) is 78.6 Å². The Bertz CT molecular complexity index is 3860. The molecule has 88 heavy (non-hydrogen) atoms. The van der Waals surface area contributed by atoms with Gasteiger partial charge in [-0.05, 0) is 132 Å². The predicted molar refractivity (Wildman–Crippen MR) is 320 cm³/mol. The number of carbonyl (C=O) groups is 3. The lowest BCUT2D eigenvalue weighted by Crippen LogP contribution is -2.41. The van der Waals surface area contributed by atoms with E-state index < -0.39 is 106 Å². The SMILES string of the molecule is CCCC1CC[C@H](OC)Cn2c1nc(C(=O)CCc1ccc(F)cc1)c(OS(=O)(=O)c1ccccc1)c2=O.CCN(C(=O)OC(C)(C)C)C1CC[C@H](OC)Cn2c1nc(C(=O)CCc1ccc(F)cc1)c(OS(=O)(=O)c1ccccc1)c2=O.CS(=O)(=O)O. The topological polar surface area (TPSA) is 293 Å². The second-order valence-corrected chi connectivity index (χ2v) is 26.4. The first-order valence-corrected chi connectivity index (χ1v) is 32.9. The van der Waals surface area contributed by atoms with E-state index in [4.69, 9.17) is 27.1 Å². The van der Waals surface area contributed by atoms with E-state index in [0.29, 0.717) is 43.3 Å². The molecule has 0 spiro atoms. The van der Waals surface area contributed by atoms with E-state index in [1.807, 2.05) is 6.92 Å². The molecule has 4 aromatic carbocycles. The summed E-state index contributed by atoms with van der Waals surface area (Å²) in [6.45, 7) is 9.33. The van der Waals surface area contributed by atoms with Gasteiger partial charge in [-0.25, -0.2) is 23.5 Å². The van der Waals surface area contributed by atoms with E-state index in [0.717, 1.165) is 18.4 Å². The van der Waals surface area contributed by atoms with E-state index >= 15 is 0 Å². The highest BCUT2D eigenvalue weighted by atomic mass is 32.2. The number of ketones is 2. The second-order valence-electron chi connectivity index (χ2n) is 21.8. The van der Waals surface area contributed by atoms with E-state index in [1.165, 1.54) is 106 Å². The molecule has 0 saturated carbocycles. The maximum Gasteiger partial charge on any atom is 0.410 e. The predicted octanol–water partition coefficient (Wildman–Crippen LogP) is 9.23. The van der Waals surface area contributed by atoms with Crippen LogP contribution < -0.4 is 19.5 Å². The van der Waals surface area contributed by atoms with Gasteiger partial charge in [0.1, 0.15) is 38.7 Å². The molecule has 1 N–H and O–H groups in total. The molecule has 0 radical (unpaired) electrons. The van der Waals surface area contributed by atoms with Crippen molar-refractivity contribution in [2.75, 3.05) is 27.0 Å². The Morgan fingerprint density at radius 3 is 1.41 bits per heavy atom. The Labute approximate surface area is 510 Å². The monoisotopic (exact) mass is 1280 g/mol. The zero-order chi connectivity index (χ0) is 64.7. The van der Waals surface area contributed by atoms with Crippen molar-refractivity contribution in [3.8, 4) is 11.5 Å². The molecule has 22 nitrogen and oxygen atoms in total. The molecule has 0 saturated heterocycles. The van der Waals surface area contributed by atoms with E-state index in [9.17, 15) is 58.0 Å². The zero-order valence-corrected chi connectivity index (χ0v) is 52.5. The molecule has 27 heteroatoms. The first-order valence-electron chi connectivity index (χ1n) is 28.3. The summed E-state index contributed by atoms with van der Waals surface area (Å²) in [6, 6.07) is 25.2. The lowest BCUT2D eigenvalue weighted by molar-refractivity contribution is 0.0139. The molecule has 4 heterocycles. The van der Waals surface area contributed by atoms with Crippen LogP contribution in [0.1, 0.15) is 142 Å². The number of methoxy groups -OCH3 is 2. The summed E-state index contributed by atoms with van der Waals surface area (Å²) in [5.74, 6) is -2.96. The van der Waals surface area contributed by atoms with Crippen molar-refractivity contribution in [1.29, 1.82) is 0 Å². The molecule has 476 valence electrons. The third-order valence-corrected chi connectivity index (χ3v) is 16.6. The van der Waals surface area contributed by atoms with Crippen LogP contribution in [0.2, 0.25) is 0 Å². The molecule has 2 aromatic heterocycles. The van der Waals surface area contributed by atoms with Crippen LogP contribution in [0.3, 0.4) is 0 Å². The van der Waals surface area contributed by atoms with Crippen molar-refractivity contribution in [3.05, 3.63) is 176 Å². The van der Waals surface area contributed by atoms with Crippen LogP contribution in [-0.4, -0.2) is 116 Å². The van der Waals surface area contributed by atoms with Gasteiger partial charge in [0.05, 0.1) is 37.6 Å². The maximum absolute atomic E-state index is 14.2. The number of rotatable bonds is 20. The average Bonchev–Trinajstić information content (AvgIpc) is 1.78. The summed E-state index contributed by atoms with van der Waals surface area (Å²) < 4.78 is 136. The van der Waals surface area contributed by atoms with Gasteiger partial charge in [-0.3, -0.25) is 37.8 Å². The van der Waals surface area contributed by atoms with Gasteiger partial charge >= 0.3 is 26.3 Å². The molecular weight excluding hydrogens is 1210 g/mol. The highest BCUT2D eigenvalue weighted by Crippen LogP contribution is 2.34. The Morgan fingerprint density at radius 2 is 1.02 bits per heavy atom. The van der Waals surface area contributed by atoms with Gasteiger partial charge in [-0.15, -0.1) is 0 Å². The standard InChI is InChI=1S/C32H38FN3O8S.C28H31FN2O6S.CH4O3S/c1-6-35(31(39)43-32(2,3)4)25-18-17-23(42-5)20-36-29(25)34-27(26(37)19-14-21-12-15-22(33)16-13-21)28(30(36)38)44-45(40,41)24-10-8-7-9-11-24;1-3-7-20-13-16-22(36-2)18-31-27(20)30-25(24(32)17-12-19-10-14-21(29)15-11-19)26(28(31)33)37-38(34,35)23-8-5-4-6-9-23;1-5(2,3)4/h7-13,15-16,23,25H,6,14,17-20H2,1-5H3;4-6,8-11,14-15,20,22H,3,7,12-13,16-18H2,1-2H3;1H3,(H,2,3,4)/t23-,25?;20?,22-;/m00./s1. The molecule has 0 bridgehead atoms. The number of Topliss-reactive ketones (excluding diaryl/α,β-unsaturated/α-hetero) is 2. The Balaban J connectivity index is 0.000000264. The van der Waals surface area contributed by atoms with Crippen molar-refractivity contribution in [1.82, 2.24) is 24.0 Å². The molecule has 2 aliphatic rings. The minimum atomic E-state index is -4.55. The number of aryl methyl sites for hydroxylation is 2. The van der Waals surface area contributed by atoms with Gasteiger partial charge < -0.3 is 22.6 Å².